The number of esters is 1. The van der Waals surface area contributed by atoms with Crippen molar-refractivity contribution in [1.82, 2.24) is 0 Å². The molecule has 2 aromatic carbocycles. The summed E-state index contributed by atoms with van der Waals surface area (Å²) in [7, 11) is 1.15. The van der Waals surface area contributed by atoms with E-state index in [1.165, 1.54) is 0 Å². The molecule has 0 aliphatic heterocycles. The van der Waals surface area contributed by atoms with Gasteiger partial charge >= 0.3 is 5.97 Å². The number of nitrogens with zero attached hydrogens (tertiary/aromatic N) is 1. The van der Waals surface area contributed by atoms with Gasteiger partial charge in [0.2, 0.25) is 5.92 Å². The van der Waals surface area contributed by atoms with Gasteiger partial charge in [0.15, 0.2) is 5.78 Å². The second kappa shape index (κ2) is 6.49. The molecule has 0 heterocycles. The summed E-state index contributed by atoms with van der Waals surface area (Å²) in [6.45, 7) is 0. The van der Waals surface area contributed by atoms with Gasteiger partial charge in [-0.25, -0.2) is 0 Å². The summed E-state index contributed by atoms with van der Waals surface area (Å²) in [6, 6.07) is 18.2. The maximum absolute atomic E-state index is 12.1. The van der Waals surface area contributed by atoms with Gasteiger partial charge in [0.25, 0.3) is 0 Å². The normalized spacial score (nSPS) is 11.2. The van der Waals surface area contributed by atoms with Crippen molar-refractivity contribution in [3.8, 4) is 17.2 Å². The van der Waals surface area contributed by atoms with E-state index in [-0.39, 0.29) is 0 Å². The average molecular weight is 279 g/mol. The van der Waals surface area contributed by atoms with E-state index in [9.17, 15) is 9.59 Å². The number of methoxy groups -OCH3 is 1. The van der Waals surface area contributed by atoms with Crippen LogP contribution < -0.4 is 0 Å². The Bertz CT molecular complexity index is 684. The fourth-order valence-corrected chi connectivity index (χ4v) is 1.96. The molecule has 4 nitrogen and oxygen atoms in total. The number of rotatable bonds is 4. The monoisotopic (exact) mass is 279 g/mol. The Kier molecular flexibility index (Phi) is 4.47. The van der Waals surface area contributed by atoms with Gasteiger partial charge in [0, 0.05) is 5.56 Å². The first kappa shape index (κ1) is 14.5. The van der Waals surface area contributed by atoms with Gasteiger partial charge in [0.05, 0.1) is 13.2 Å². The number of carbonyl (C=O) groups is 2. The molecule has 0 bridgehead atoms. The van der Waals surface area contributed by atoms with Crippen molar-refractivity contribution < 1.29 is 14.3 Å². The third-order valence-corrected chi connectivity index (χ3v) is 3.10. The summed E-state index contributed by atoms with van der Waals surface area (Å²) in [5, 5.41) is 8.92. The van der Waals surface area contributed by atoms with E-state index >= 15 is 0 Å². The smallest absolute Gasteiger partial charge is 0.331 e. The lowest BCUT2D eigenvalue weighted by Gasteiger charge is -2.07. The standard InChI is InChI=1S/C17H13NO3/c1-21-17(20)15(11-18)16(19)14-9-7-13(8-10-14)12-5-3-2-4-6-12/h2-10,15H,1H3/t15-/m1/s1. The zero-order chi connectivity index (χ0) is 15.2. The van der Waals surface area contributed by atoms with Crippen molar-refractivity contribution in [3.05, 3.63) is 60.2 Å². The molecular weight excluding hydrogens is 266 g/mol. The minimum atomic E-state index is -1.42. The summed E-state index contributed by atoms with van der Waals surface area (Å²) >= 11 is 0. The van der Waals surface area contributed by atoms with Crippen LogP contribution in [-0.2, 0) is 9.53 Å². The minimum absolute atomic E-state index is 0.312. The third kappa shape index (κ3) is 3.15. The lowest BCUT2D eigenvalue weighted by atomic mass is 9.96. The SMILES string of the molecule is COC(=O)[C@H](C#N)C(=O)c1ccc(-c2ccccc2)cc1. The van der Waals surface area contributed by atoms with Gasteiger partial charge in [-0.3, -0.25) is 9.59 Å². The predicted molar refractivity (Wildman–Crippen MR) is 77.3 cm³/mol. The van der Waals surface area contributed by atoms with Gasteiger partial charge in [0.1, 0.15) is 0 Å². The molecule has 0 aliphatic rings. The molecule has 0 N–H and O–H groups in total. The van der Waals surface area contributed by atoms with Gasteiger partial charge in [-0.05, 0) is 11.1 Å². The van der Waals surface area contributed by atoms with Crippen LogP contribution in [0.1, 0.15) is 10.4 Å². The fraction of sp³-hybridized carbons (Fsp3) is 0.118. The topological polar surface area (TPSA) is 67.2 Å². The quantitative estimate of drug-likeness (QED) is 0.490. The molecule has 0 saturated heterocycles. The molecule has 0 fully saturated rings. The van der Waals surface area contributed by atoms with Crippen LogP contribution in [0.3, 0.4) is 0 Å². The summed E-state index contributed by atoms with van der Waals surface area (Å²) in [6.07, 6.45) is 0. The van der Waals surface area contributed by atoms with E-state index in [2.05, 4.69) is 4.74 Å². The molecule has 1 atom stereocenters. The Balaban J connectivity index is 2.25. The van der Waals surface area contributed by atoms with E-state index in [4.69, 9.17) is 5.26 Å². The number of hydrogen-bond donors (Lipinski definition) is 0. The Hall–Kier alpha value is -2.93. The molecular formula is C17H13NO3. The molecule has 0 amide bonds. The second-order valence-electron chi connectivity index (χ2n) is 4.39. The molecule has 4 heteroatoms. The maximum atomic E-state index is 12.1. The molecule has 2 rings (SSSR count). The number of ketones is 1. The first-order valence-corrected chi connectivity index (χ1v) is 6.34. The first-order chi connectivity index (χ1) is 10.2. The molecule has 104 valence electrons. The highest BCUT2D eigenvalue weighted by atomic mass is 16.5. The van der Waals surface area contributed by atoms with E-state index in [1.54, 1.807) is 30.3 Å². The Morgan fingerprint density at radius 1 is 1.00 bits per heavy atom. The predicted octanol–water partition coefficient (Wildman–Crippen LogP) is 2.85. The van der Waals surface area contributed by atoms with E-state index in [0.29, 0.717) is 5.56 Å². The summed E-state index contributed by atoms with van der Waals surface area (Å²) in [4.78, 5) is 23.5. The highest BCUT2D eigenvalue weighted by Crippen LogP contribution is 2.20. The Labute approximate surface area is 122 Å². The largest absolute Gasteiger partial charge is 0.468 e. The minimum Gasteiger partial charge on any atom is -0.468 e. The molecule has 0 aliphatic carbocycles. The lowest BCUT2D eigenvalue weighted by molar-refractivity contribution is -0.141. The van der Waals surface area contributed by atoms with Crippen molar-refractivity contribution in [3.63, 3.8) is 0 Å². The van der Waals surface area contributed by atoms with Crippen LogP contribution in [0.4, 0.5) is 0 Å². The van der Waals surface area contributed by atoms with Crippen molar-refractivity contribution >= 4 is 11.8 Å². The highest BCUT2D eigenvalue weighted by molar-refractivity contribution is 6.10. The number of hydrogen-bond acceptors (Lipinski definition) is 4. The number of carbonyl (C=O) groups excluding carboxylic acids is 2. The van der Waals surface area contributed by atoms with E-state index < -0.39 is 17.7 Å². The van der Waals surface area contributed by atoms with Gasteiger partial charge in [-0.1, -0.05) is 54.6 Å². The van der Waals surface area contributed by atoms with Crippen LogP contribution in [0.5, 0.6) is 0 Å². The van der Waals surface area contributed by atoms with Gasteiger partial charge < -0.3 is 4.74 Å². The number of benzene rings is 2. The Morgan fingerprint density at radius 3 is 2.10 bits per heavy atom. The molecule has 0 radical (unpaired) electrons. The van der Waals surface area contributed by atoms with Crippen molar-refractivity contribution in [2.45, 2.75) is 0 Å². The zero-order valence-electron chi connectivity index (χ0n) is 11.4. The van der Waals surface area contributed by atoms with Crippen LogP contribution in [-0.4, -0.2) is 18.9 Å². The van der Waals surface area contributed by atoms with Crippen LogP contribution >= 0.6 is 0 Å². The molecule has 0 unspecified atom stereocenters. The maximum Gasteiger partial charge on any atom is 0.331 e. The molecule has 0 saturated carbocycles. The average Bonchev–Trinajstić information content (AvgIpc) is 2.56. The van der Waals surface area contributed by atoms with Gasteiger partial charge in [-0.15, -0.1) is 0 Å². The summed E-state index contributed by atoms with van der Waals surface area (Å²) < 4.78 is 4.46. The molecule has 2 aromatic rings. The third-order valence-electron chi connectivity index (χ3n) is 3.10. The van der Waals surface area contributed by atoms with Gasteiger partial charge in [-0.2, -0.15) is 5.26 Å². The fourth-order valence-electron chi connectivity index (χ4n) is 1.96. The second-order valence-corrected chi connectivity index (χ2v) is 4.39. The van der Waals surface area contributed by atoms with Crippen LogP contribution in [0.15, 0.2) is 54.6 Å². The lowest BCUT2D eigenvalue weighted by Crippen LogP contribution is -2.23. The van der Waals surface area contributed by atoms with Crippen LogP contribution in [0, 0.1) is 17.2 Å². The van der Waals surface area contributed by atoms with Crippen LogP contribution in [0.2, 0.25) is 0 Å². The zero-order valence-corrected chi connectivity index (χ0v) is 11.4. The highest BCUT2D eigenvalue weighted by Gasteiger charge is 2.28. The van der Waals surface area contributed by atoms with E-state index in [0.717, 1.165) is 18.2 Å². The van der Waals surface area contributed by atoms with Crippen molar-refractivity contribution in [2.75, 3.05) is 7.11 Å². The summed E-state index contributed by atoms with van der Waals surface area (Å²) in [5.74, 6) is -2.81. The van der Waals surface area contributed by atoms with Crippen LogP contribution in [0.25, 0.3) is 11.1 Å². The number of nitriles is 1. The number of ether oxygens (including phenoxy) is 1. The molecule has 0 aromatic heterocycles. The summed E-state index contributed by atoms with van der Waals surface area (Å²) in [5.41, 5.74) is 2.30. The Morgan fingerprint density at radius 2 is 1.57 bits per heavy atom. The van der Waals surface area contributed by atoms with Crippen molar-refractivity contribution in [2.24, 2.45) is 5.92 Å². The molecule has 0 spiro atoms. The molecule has 21 heavy (non-hydrogen) atoms. The van der Waals surface area contributed by atoms with E-state index in [1.807, 2.05) is 30.3 Å². The van der Waals surface area contributed by atoms with Crippen molar-refractivity contribution in [1.29, 1.82) is 5.26 Å². The number of Topliss-reactive ketones (excluding diaryl/α,β-unsaturated/α-hetero) is 1. The first-order valence-electron chi connectivity index (χ1n) is 6.34.